The van der Waals surface area contributed by atoms with Crippen LogP contribution in [-0.4, -0.2) is 17.9 Å². The Morgan fingerprint density at radius 1 is 1.44 bits per heavy atom. The van der Waals surface area contributed by atoms with Gasteiger partial charge >= 0.3 is 0 Å². The third kappa shape index (κ3) is 2.79. The van der Waals surface area contributed by atoms with Crippen LogP contribution in [0.15, 0.2) is 42.6 Å². The summed E-state index contributed by atoms with van der Waals surface area (Å²) in [7, 11) is 0. The monoisotopic (exact) mass is 215 g/mol. The van der Waals surface area contributed by atoms with E-state index in [1.54, 1.807) is 12.1 Å². The van der Waals surface area contributed by atoms with E-state index in [1.165, 1.54) is 6.20 Å². The first-order valence-electron chi connectivity index (χ1n) is 5.26. The molecule has 0 N–H and O–H groups in total. The van der Waals surface area contributed by atoms with Crippen molar-refractivity contribution in [2.45, 2.75) is 6.42 Å². The lowest BCUT2D eigenvalue weighted by Crippen LogP contribution is -2.10. The molecule has 0 amide bonds. The number of aromatic nitrogens is 1. The first kappa shape index (κ1) is 10.6. The van der Waals surface area contributed by atoms with Crippen molar-refractivity contribution in [3.05, 3.63) is 48.2 Å². The second-order valence-electron chi connectivity index (χ2n) is 3.67. The Morgan fingerprint density at radius 3 is 3.00 bits per heavy atom. The van der Waals surface area contributed by atoms with Gasteiger partial charge in [0.05, 0.1) is 6.61 Å². The quantitative estimate of drug-likeness (QED) is 0.724. The van der Waals surface area contributed by atoms with E-state index in [-0.39, 0.29) is 0 Å². The molecule has 0 radical (unpaired) electrons. The highest BCUT2D eigenvalue weighted by Crippen LogP contribution is 2.14. The predicted octanol–water partition coefficient (Wildman–Crippen LogP) is 2.41. The van der Waals surface area contributed by atoms with Gasteiger partial charge < -0.3 is 4.74 Å². The largest absolute Gasteiger partial charge is 0.477 e. The van der Waals surface area contributed by atoms with Crippen LogP contribution in [0, 0.1) is 5.92 Å². The second kappa shape index (κ2) is 5.26. The molecule has 0 aliphatic heterocycles. The lowest BCUT2D eigenvalue weighted by Gasteiger charge is -2.13. The van der Waals surface area contributed by atoms with Gasteiger partial charge in [-0.05, 0) is 12.5 Å². The summed E-state index contributed by atoms with van der Waals surface area (Å²) in [4.78, 5) is 14.5. The number of rotatable bonds is 4. The number of carbonyl (C=O) groups is 1. The van der Waals surface area contributed by atoms with E-state index in [0.717, 1.165) is 12.7 Å². The van der Waals surface area contributed by atoms with Gasteiger partial charge in [0.2, 0.25) is 5.88 Å². The van der Waals surface area contributed by atoms with E-state index in [1.807, 2.05) is 12.2 Å². The third-order valence-corrected chi connectivity index (χ3v) is 2.41. The van der Waals surface area contributed by atoms with Crippen LogP contribution >= 0.6 is 0 Å². The molecule has 3 heteroatoms. The second-order valence-corrected chi connectivity index (χ2v) is 3.67. The fraction of sp³-hybridized carbons (Fsp3) is 0.231. The molecule has 1 aromatic heterocycles. The predicted molar refractivity (Wildman–Crippen MR) is 61.5 cm³/mol. The van der Waals surface area contributed by atoms with Gasteiger partial charge in [-0.25, -0.2) is 4.98 Å². The van der Waals surface area contributed by atoms with E-state index < -0.39 is 0 Å². The number of hydrogen-bond acceptors (Lipinski definition) is 3. The van der Waals surface area contributed by atoms with E-state index in [4.69, 9.17) is 4.74 Å². The number of ether oxygens (including phenoxy) is 1. The van der Waals surface area contributed by atoms with Gasteiger partial charge in [-0.2, -0.15) is 0 Å². The molecule has 0 aromatic carbocycles. The summed E-state index contributed by atoms with van der Waals surface area (Å²) >= 11 is 0. The van der Waals surface area contributed by atoms with Crippen LogP contribution in [0.2, 0.25) is 0 Å². The summed E-state index contributed by atoms with van der Waals surface area (Å²) in [5.74, 6) is 0.978. The van der Waals surface area contributed by atoms with Gasteiger partial charge in [-0.15, -0.1) is 0 Å². The Labute approximate surface area is 94.5 Å². The lowest BCUT2D eigenvalue weighted by atomic mass is 10.0. The summed E-state index contributed by atoms with van der Waals surface area (Å²) in [5.41, 5.74) is 0.563. The Hall–Kier alpha value is -1.90. The maximum atomic E-state index is 10.4. The SMILES string of the molecule is O=Cc1ccc(OCC2C=CC=CC2)nc1. The summed E-state index contributed by atoms with van der Waals surface area (Å²) in [6.07, 6.45) is 11.6. The standard InChI is InChI=1S/C13H13NO2/c15-9-12-6-7-13(14-8-12)16-10-11-4-2-1-3-5-11/h1-4,6-9,11H,5,10H2. The first-order chi connectivity index (χ1) is 7.88. The highest BCUT2D eigenvalue weighted by molar-refractivity contribution is 5.73. The lowest BCUT2D eigenvalue weighted by molar-refractivity contribution is 0.112. The molecule has 1 aromatic rings. The van der Waals surface area contributed by atoms with Crippen LogP contribution in [0.1, 0.15) is 16.8 Å². The molecule has 1 aliphatic carbocycles. The molecular weight excluding hydrogens is 202 g/mol. The smallest absolute Gasteiger partial charge is 0.213 e. The molecule has 1 unspecified atom stereocenters. The van der Waals surface area contributed by atoms with Gasteiger partial charge in [0, 0.05) is 23.7 Å². The Balaban J connectivity index is 1.87. The summed E-state index contributed by atoms with van der Waals surface area (Å²) in [6, 6.07) is 3.41. The van der Waals surface area contributed by atoms with Crippen molar-refractivity contribution in [1.82, 2.24) is 4.98 Å². The van der Waals surface area contributed by atoms with E-state index in [2.05, 4.69) is 17.1 Å². The molecule has 1 heterocycles. The zero-order valence-corrected chi connectivity index (χ0v) is 8.87. The molecule has 0 bridgehead atoms. The van der Waals surface area contributed by atoms with Crippen molar-refractivity contribution < 1.29 is 9.53 Å². The number of allylic oxidation sites excluding steroid dienone is 3. The first-order valence-corrected chi connectivity index (χ1v) is 5.26. The molecule has 0 spiro atoms. The number of carbonyl (C=O) groups excluding carboxylic acids is 1. The average molecular weight is 215 g/mol. The van der Waals surface area contributed by atoms with Crippen molar-refractivity contribution in [3.63, 3.8) is 0 Å². The molecule has 2 rings (SSSR count). The molecule has 1 atom stereocenters. The van der Waals surface area contributed by atoms with Crippen LogP contribution in [0.4, 0.5) is 0 Å². The van der Waals surface area contributed by atoms with E-state index in [9.17, 15) is 4.79 Å². The maximum Gasteiger partial charge on any atom is 0.213 e. The molecule has 0 saturated heterocycles. The van der Waals surface area contributed by atoms with Crippen molar-refractivity contribution in [2.75, 3.05) is 6.61 Å². The number of nitrogens with zero attached hydrogens (tertiary/aromatic N) is 1. The minimum Gasteiger partial charge on any atom is -0.477 e. The average Bonchev–Trinajstić information content (AvgIpc) is 2.38. The fourth-order valence-electron chi connectivity index (χ4n) is 1.49. The van der Waals surface area contributed by atoms with Gasteiger partial charge in [-0.1, -0.05) is 24.3 Å². The van der Waals surface area contributed by atoms with Crippen molar-refractivity contribution >= 4 is 6.29 Å². The molecule has 3 nitrogen and oxygen atoms in total. The van der Waals surface area contributed by atoms with Crippen LogP contribution in [-0.2, 0) is 0 Å². The zero-order chi connectivity index (χ0) is 11.2. The van der Waals surface area contributed by atoms with Gasteiger partial charge in [0.25, 0.3) is 0 Å². The topological polar surface area (TPSA) is 39.2 Å². The molecule has 82 valence electrons. The highest BCUT2D eigenvalue weighted by atomic mass is 16.5. The Morgan fingerprint density at radius 2 is 2.38 bits per heavy atom. The zero-order valence-electron chi connectivity index (χ0n) is 8.87. The normalized spacial score (nSPS) is 18.4. The number of hydrogen-bond donors (Lipinski definition) is 0. The van der Waals surface area contributed by atoms with Gasteiger partial charge in [0.1, 0.15) is 0 Å². The van der Waals surface area contributed by atoms with Crippen molar-refractivity contribution in [1.29, 1.82) is 0 Å². The minimum atomic E-state index is 0.414. The minimum absolute atomic E-state index is 0.414. The molecule has 0 fully saturated rings. The van der Waals surface area contributed by atoms with Crippen LogP contribution in [0.5, 0.6) is 5.88 Å². The fourth-order valence-corrected chi connectivity index (χ4v) is 1.49. The van der Waals surface area contributed by atoms with Gasteiger partial charge in [-0.3, -0.25) is 4.79 Å². The molecule has 1 aliphatic rings. The number of pyridine rings is 1. The summed E-state index contributed by atoms with van der Waals surface area (Å²) in [5, 5.41) is 0. The van der Waals surface area contributed by atoms with Crippen molar-refractivity contribution in [2.24, 2.45) is 5.92 Å². The van der Waals surface area contributed by atoms with Crippen molar-refractivity contribution in [3.8, 4) is 5.88 Å². The maximum absolute atomic E-state index is 10.4. The van der Waals surface area contributed by atoms with E-state index in [0.29, 0.717) is 24.0 Å². The van der Waals surface area contributed by atoms with Crippen LogP contribution in [0.3, 0.4) is 0 Å². The van der Waals surface area contributed by atoms with E-state index >= 15 is 0 Å². The highest BCUT2D eigenvalue weighted by Gasteiger charge is 2.06. The molecular formula is C13H13NO2. The van der Waals surface area contributed by atoms with Gasteiger partial charge in [0.15, 0.2) is 6.29 Å². The van der Waals surface area contributed by atoms with Crippen LogP contribution < -0.4 is 4.74 Å². The Kier molecular flexibility index (Phi) is 3.49. The number of aldehydes is 1. The molecule has 16 heavy (non-hydrogen) atoms. The van der Waals surface area contributed by atoms with Crippen LogP contribution in [0.25, 0.3) is 0 Å². The Bertz CT molecular complexity index is 406. The summed E-state index contributed by atoms with van der Waals surface area (Å²) in [6.45, 7) is 0.619. The molecule has 0 saturated carbocycles. The third-order valence-electron chi connectivity index (χ3n) is 2.41. The summed E-state index contributed by atoms with van der Waals surface area (Å²) < 4.78 is 5.53.